The quantitative estimate of drug-likeness (QED) is 0.176. The predicted molar refractivity (Wildman–Crippen MR) is 171 cm³/mol. The van der Waals surface area contributed by atoms with Gasteiger partial charge in [0.1, 0.15) is 41.9 Å². The lowest BCUT2D eigenvalue weighted by Crippen LogP contribution is -2.59. The monoisotopic (exact) mass is 637 g/mol. The zero-order valence-electron chi connectivity index (χ0n) is 27.6. The van der Waals surface area contributed by atoms with Crippen molar-refractivity contribution < 1.29 is 33.4 Å². The lowest BCUT2D eigenvalue weighted by Gasteiger charge is -2.27. The molecule has 0 spiro atoms. The van der Waals surface area contributed by atoms with Crippen molar-refractivity contribution >= 4 is 29.7 Å². The first-order chi connectivity index (χ1) is 21.3. The van der Waals surface area contributed by atoms with Crippen LogP contribution in [0.5, 0.6) is 5.75 Å². The number of halogens is 1. The number of hydrogen-bond acceptors (Lipinski definition) is 7. The van der Waals surface area contributed by atoms with E-state index in [4.69, 9.17) is 4.74 Å². The third kappa shape index (κ3) is 12.0. The third-order valence-corrected chi connectivity index (χ3v) is 6.49. The summed E-state index contributed by atoms with van der Waals surface area (Å²) in [5, 5.41) is 30.1. The number of carbonyl (C=O) groups is 4. The van der Waals surface area contributed by atoms with Gasteiger partial charge in [0.25, 0.3) is 5.91 Å². The normalized spacial score (nSPS) is 13.8. The molecule has 0 radical (unpaired) electrons. The number of nitrogens with zero attached hydrogens (tertiary/aromatic N) is 1. The number of aryl methyl sites for hydroxylation is 1. The van der Waals surface area contributed by atoms with E-state index in [0.717, 1.165) is 0 Å². The van der Waals surface area contributed by atoms with Crippen LogP contribution in [-0.2, 0) is 25.7 Å². The molecule has 0 heterocycles. The van der Waals surface area contributed by atoms with Crippen LogP contribution in [0.2, 0.25) is 0 Å². The third-order valence-electron chi connectivity index (χ3n) is 6.49. The van der Waals surface area contributed by atoms with E-state index in [1.165, 1.54) is 19.1 Å². The molecule has 11 nitrogen and oxygen atoms in total. The van der Waals surface area contributed by atoms with E-state index < -0.39 is 58.6 Å². The smallest absolute Gasteiger partial charge is 0.262 e. The van der Waals surface area contributed by atoms with Gasteiger partial charge in [0.15, 0.2) is 0 Å². The van der Waals surface area contributed by atoms with E-state index >= 15 is 0 Å². The topological polar surface area (TPSA) is 170 Å². The van der Waals surface area contributed by atoms with E-state index in [-0.39, 0.29) is 24.3 Å². The molecule has 248 valence electrons. The fourth-order valence-electron chi connectivity index (χ4n) is 3.87. The van der Waals surface area contributed by atoms with Crippen molar-refractivity contribution in [1.82, 2.24) is 21.3 Å². The molecular formula is C34H44FN5O6. The molecule has 0 aromatic heterocycles. The Bertz CT molecular complexity index is 1480. The van der Waals surface area contributed by atoms with Crippen LogP contribution in [0, 0.1) is 29.5 Å². The molecule has 2 rings (SSSR count). The second-order valence-electron chi connectivity index (χ2n) is 13.1. The molecule has 3 atom stereocenters. The first kappa shape index (κ1) is 37.4. The number of rotatable bonds is 12. The van der Waals surface area contributed by atoms with Crippen LogP contribution in [-0.4, -0.2) is 59.1 Å². The van der Waals surface area contributed by atoms with Gasteiger partial charge in [-0.2, -0.15) is 5.26 Å². The number of aliphatic hydroxyl groups is 1. The number of hydrogen-bond donors (Lipinski definition) is 5. The van der Waals surface area contributed by atoms with Gasteiger partial charge in [-0.15, -0.1) is 0 Å². The Kier molecular flexibility index (Phi) is 13.0. The summed E-state index contributed by atoms with van der Waals surface area (Å²) in [6, 6.07) is 10.1. The molecule has 0 aliphatic carbocycles. The highest BCUT2D eigenvalue weighted by atomic mass is 19.1. The molecule has 5 N–H and O–H groups in total. The number of ether oxygens (including phenoxy) is 1. The molecule has 2 aromatic rings. The number of aliphatic hydroxyl groups excluding tert-OH is 1. The summed E-state index contributed by atoms with van der Waals surface area (Å²) in [7, 11) is 0. The number of nitriles is 1. The molecule has 0 bridgehead atoms. The van der Waals surface area contributed by atoms with Crippen LogP contribution in [0.3, 0.4) is 0 Å². The van der Waals surface area contributed by atoms with E-state index in [1.807, 2.05) is 6.07 Å². The van der Waals surface area contributed by atoms with Crippen LogP contribution in [0.15, 0.2) is 48.0 Å². The Hall–Kier alpha value is -4.76. The minimum absolute atomic E-state index is 0.0840. The van der Waals surface area contributed by atoms with Gasteiger partial charge in [-0.05, 0) is 70.0 Å². The van der Waals surface area contributed by atoms with Gasteiger partial charge in [-0.1, -0.05) is 45.0 Å². The van der Waals surface area contributed by atoms with E-state index in [2.05, 4.69) is 21.3 Å². The highest BCUT2D eigenvalue weighted by Crippen LogP contribution is 2.17. The molecule has 4 amide bonds. The predicted octanol–water partition coefficient (Wildman–Crippen LogP) is 3.05. The van der Waals surface area contributed by atoms with Crippen LogP contribution in [0.25, 0.3) is 6.08 Å². The summed E-state index contributed by atoms with van der Waals surface area (Å²) >= 11 is 0. The van der Waals surface area contributed by atoms with Crippen LogP contribution in [0.1, 0.15) is 65.2 Å². The maximum absolute atomic E-state index is 14.4. The maximum Gasteiger partial charge on any atom is 0.262 e. The van der Waals surface area contributed by atoms with Gasteiger partial charge in [0.2, 0.25) is 17.7 Å². The Morgan fingerprint density at radius 2 is 1.63 bits per heavy atom. The molecule has 0 saturated carbocycles. The van der Waals surface area contributed by atoms with Gasteiger partial charge >= 0.3 is 0 Å². The summed E-state index contributed by atoms with van der Waals surface area (Å²) in [5.41, 5.74) is 0.0400. The summed E-state index contributed by atoms with van der Waals surface area (Å²) in [4.78, 5) is 51.4. The Labute approximate surface area is 269 Å². The zero-order valence-corrected chi connectivity index (χ0v) is 27.6. The van der Waals surface area contributed by atoms with Crippen molar-refractivity contribution in [3.05, 3.63) is 70.5 Å². The minimum atomic E-state index is -1.37. The van der Waals surface area contributed by atoms with Gasteiger partial charge < -0.3 is 31.1 Å². The minimum Gasteiger partial charge on any atom is -0.491 e. The number of benzene rings is 2. The molecule has 0 saturated heterocycles. The summed E-state index contributed by atoms with van der Waals surface area (Å²) in [5.74, 6) is -2.70. The van der Waals surface area contributed by atoms with E-state index in [9.17, 15) is 33.9 Å². The second kappa shape index (κ2) is 16.0. The molecular weight excluding hydrogens is 593 g/mol. The van der Waals surface area contributed by atoms with Crippen molar-refractivity contribution in [2.24, 2.45) is 5.41 Å². The molecule has 2 aromatic carbocycles. The van der Waals surface area contributed by atoms with Gasteiger partial charge in [-0.25, -0.2) is 4.39 Å². The lowest BCUT2D eigenvalue weighted by atomic mass is 9.94. The largest absolute Gasteiger partial charge is 0.491 e. The first-order valence-electron chi connectivity index (χ1n) is 14.8. The first-order valence-corrected chi connectivity index (χ1v) is 14.8. The molecule has 0 aliphatic heterocycles. The molecule has 1 unspecified atom stereocenters. The average Bonchev–Trinajstić information content (AvgIpc) is 2.94. The molecule has 0 fully saturated rings. The zero-order chi connectivity index (χ0) is 34.8. The van der Waals surface area contributed by atoms with Crippen LogP contribution in [0.4, 0.5) is 4.39 Å². The standard InChI is InChI=1S/C34H44FN5O6/c1-20-9-12-23(26(35)15-20)18-37-30(43)27(38-31(44)28(21(2)41)39-32(45)33(3,4)5)19-46-25-13-10-22(11-14-25)16-24(17-36)29(42)40-34(6,7)8/h9-16,21,27-28,41H,18-19H2,1-8H3,(H,37,43)(H,38,44)(H,39,45)(H,40,42)/t21-,27?,28+/m1/s1. The van der Waals surface area contributed by atoms with Crippen molar-refractivity contribution in [2.75, 3.05) is 6.61 Å². The van der Waals surface area contributed by atoms with Gasteiger partial charge in [0.05, 0.1) is 6.10 Å². The lowest BCUT2D eigenvalue weighted by molar-refractivity contribution is -0.137. The highest BCUT2D eigenvalue weighted by Gasteiger charge is 2.33. The van der Waals surface area contributed by atoms with Crippen molar-refractivity contribution in [3.8, 4) is 11.8 Å². The number of amides is 4. The summed E-state index contributed by atoms with van der Waals surface area (Å²) in [6.07, 6.45) is 0.134. The van der Waals surface area contributed by atoms with Crippen LogP contribution >= 0.6 is 0 Å². The van der Waals surface area contributed by atoms with E-state index in [0.29, 0.717) is 16.9 Å². The fourth-order valence-corrected chi connectivity index (χ4v) is 3.87. The van der Waals surface area contributed by atoms with E-state index in [1.54, 1.807) is 84.9 Å². The Morgan fingerprint density at radius 3 is 2.15 bits per heavy atom. The molecule has 0 aliphatic rings. The SMILES string of the molecule is Cc1ccc(CNC(=O)C(COc2ccc(C=C(C#N)C(=O)NC(C)(C)C)cc2)NC(=O)[C@@H](NC(=O)C(C)(C)C)[C@@H](C)O)c(F)c1. The van der Waals surface area contributed by atoms with Crippen molar-refractivity contribution in [1.29, 1.82) is 5.26 Å². The second-order valence-corrected chi connectivity index (χ2v) is 13.1. The summed E-state index contributed by atoms with van der Waals surface area (Å²) < 4.78 is 20.2. The highest BCUT2D eigenvalue weighted by molar-refractivity contribution is 6.02. The Balaban J connectivity index is 2.24. The summed E-state index contributed by atoms with van der Waals surface area (Å²) in [6.45, 7) is 12.9. The van der Waals surface area contributed by atoms with Crippen LogP contribution < -0.4 is 26.0 Å². The maximum atomic E-state index is 14.4. The molecule has 46 heavy (non-hydrogen) atoms. The van der Waals surface area contributed by atoms with Gasteiger partial charge in [-0.3, -0.25) is 19.2 Å². The fraction of sp³-hybridized carbons (Fsp3) is 0.441. The van der Waals surface area contributed by atoms with Crippen molar-refractivity contribution in [3.63, 3.8) is 0 Å². The number of nitrogens with one attached hydrogen (secondary N) is 4. The molecule has 12 heteroatoms. The number of carbonyl (C=O) groups excluding carboxylic acids is 4. The average molecular weight is 638 g/mol. The van der Waals surface area contributed by atoms with Crippen molar-refractivity contribution in [2.45, 2.75) is 85.7 Å². The Morgan fingerprint density at radius 1 is 1.00 bits per heavy atom. The van der Waals surface area contributed by atoms with Gasteiger partial charge in [0, 0.05) is 23.1 Å².